The molecule has 0 aliphatic heterocycles. The van der Waals surface area contributed by atoms with E-state index in [1.807, 2.05) is 0 Å². The van der Waals surface area contributed by atoms with E-state index >= 15 is 0 Å². The number of carbonyl (C=O) groups excluding carboxylic acids is 3. The summed E-state index contributed by atoms with van der Waals surface area (Å²) >= 11 is 0. The summed E-state index contributed by atoms with van der Waals surface area (Å²) in [6.07, 6.45) is 2.42. The Morgan fingerprint density at radius 2 is 0.722 bits per heavy atom. The average molecular weight is 508 g/mol. The zero-order valence-electron chi connectivity index (χ0n) is 20.0. The Morgan fingerprint density at radius 3 is 0.944 bits per heavy atom. The molecule has 0 spiro atoms. The van der Waals surface area contributed by atoms with Crippen LogP contribution >= 0.6 is 0 Å². The van der Waals surface area contributed by atoms with Gasteiger partial charge < -0.3 is 31.3 Å². The number of rotatable bonds is 18. The number of carbonyl (C=O) groups is 6. The lowest BCUT2D eigenvalue weighted by Crippen LogP contribution is -2.29. The van der Waals surface area contributed by atoms with E-state index in [1.54, 1.807) is 0 Å². The van der Waals surface area contributed by atoms with Crippen molar-refractivity contribution in [2.45, 2.75) is 57.8 Å². The predicted molar refractivity (Wildman–Crippen MR) is 128 cm³/mol. The molecule has 36 heavy (non-hydrogen) atoms. The lowest BCUT2D eigenvalue weighted by molar-refractivity contribution is -0.138. The van der Waals surface area contributed by atoms with E-state index in [0.717, 1.165) is 0 Å². The second-order valence-electron chi connectivity index (χ2n) is 8.12. The molecular formula is C24H33N3O9. The highest BCUT2D eigenvalue weighted by Crippen LogP contribution is 2.12. The third-order valence-electron chi connectivity index (χ3n) is 5.03. The fourth-order valence-electron chi connectivity index (χ4n) is 3.14. The number of carboxylic acids is 3. The molecule has 0 aromatic heterocycles. The minimum Gasteiger partial charge on any atom is -0.481 e. The maximum atomic E-state index is 12.6. The van der Waals surface area contributed by atoms with Crippen molar-refractivity contribution in [2.24, 2.45) is 0 Å². The predicted octanol–water partition coefficient (Wildman–Crippen LogP) is 1.64. The summed E-state index contributed by atoms with van der Waals surface area (Å²) in [5.41, 5.74) is 0.216. The van der Waals surface area contributed by atoms with Gasteiger partial charge in [-0.1, -0.05) is 0 Å². The third-order valence-corrected chi connectivity index (χ3v) is 5.03. The summed E-state index contributed by atoms with van der Waals surface area (Å²) in [5, 5.41) is 34.0. The van der Waals surface area contributed by atoms with Crippen LogP contribution in [-0.2, 0) is 14.4 Å². The van der Waals surface area contributed by atoms with Crippen molar-refractivity contribution in [3.63, 3.8) is 0 Å². The molecule has 0 aliphatic carbocycles. The van der Waals surface area contributed by atoms with E-state index in [2.05, 4.69) is 16.0 Å². The number of hydrogen-bond donors (Lipinski definition) is 6. The van der Waals surface area contributed by atoms with Crippen LogP contribution in [0.4, 0.5) is 0 Å². The molecule has 1 aromatic carbocycles. The molecule has 198 valence electrons. The maximum Gasteiger partial charge on any atom is 0.303 e. The molecule has 0 heterocycles. The lowest BCUT2D eigenvalue weighted by atomic mass is 10.0. The Balaban J connectivity index is 2.85. The van der Waals surface area contributed by atoms with Gasteiger partial charge in [-0.25, -0.2) is 0 Å². The molecular weight excluding hydrogens is 474 g/mol. The Hall–Kier alpha value is -3.96. The fourth-order valence-corrected chi connectivity index (χ4v) is 3.14. The van der Waals surface area contributed by atoms with Gasteiger partial charge >= 0.3 is 17.9 Å². The molecule has 6 N–H and O–H groups in total. The van der Waals surface area contributed by atoms with Gasteiger partial charge in [0, 0.05) is 55.6 Å². The Morgan fingerprint density at radius 1 is 0.472 bits per heavy atom. The monoisotopic (exact) mass is 507 g/mol. The minimum atomic E-state index is -0.929. The van der Waals surface area contributed by atoms with Crippen LogP contribution in [-0.4, -0.2) is 70.6 Å². The van der Waals surface area contributed by atoms with E-state index in [1.165, 1.54) is 18.2 Å². The number of amides is 3. The first kappa shape index (κ1) is 30.1. The van der Waals surface area contributed by atoms with Gasteiger partial charge in [0.25, 0.3) is 17.7 Å². The molecule has 0 atom stereocenters. The molecule has 1 rings (SSSR count). The highest BCUT2D eigenvalue weighted by Gasteiger charge is 2.16. The van der Waals surface area contributed by atoms with Gasteiger partial charge in [0.15, 0.2) is 0 Å². The van der Waals surface area contributed by atoms with Crippen molar-refractivity contribution in [3.8, 4) is 0 Å². The summed E-state index contributed by atoms with van der Waals surface area (Å²) in [5.74, 6) is -4.38. The number of aliphatic carboxylic acids is 3. The smallest absolute Gasteiger partial charge is 0.303 e. The minimum absolute atomic E-state index is 0.0191. The summed E-state index contributed by atoms with van der Waals surface area (Å²) in [6, 6.07) is 4.01. The van der Waals surface area contributed by atoms with Crippen molar-refractivity contribution in [1.29, 1.82) is 0 Å². The Labute approximate surface area is 208 Å². The van der Waals surface area contributed by atoms with Crippen molar-refractivity contribution in [3.05, 3.63) is 34.9 Å². The van der Waals surface area contributed by atoms with E-state index in [-0.39, 0.29) is 55.6 Å². The highest BCUT2D eigenvalue weighted by molar-refractivity contribution is 6.04. The van der Waals surface area contributed by atoms with Crippen molar-refractivity contribution < 1.29 is 44.1 Å². The molecule has 0 radical (unpaired) electrons. The summed E-state index contributed by atoms with van der Waals surface area (Å²) in [6.45, 7) is 0.658. The van der Waals surface area contributed by atoms with Crippen molar-refractivity contribution >= 4 is 35.6 Å². The summed E-state index contributed by atoms with van der Waals surface area (Å²) in [4.78, 5) is 69.6. The first-order chi connectivity index (χ1) is 17.1. The molecule has 12 heteroatoms. The number of carboxylic acid groups (broad SMARTS) is 3. The second-order valence-corrected chi connectivity index (χ2v) is 8.12. The van der Waals surface area contributed by atoms with E-state index in [0.29, 0.717) is 38.5 Å². The lowest BCUT2D eigenvalue weighted by Gasteiger charge is -2.11. The summed E-state index contributed by atoms with van der Waals surface area (Å²) in [7, 11) is 0. The van der Waals surface area contributed by atoms with Gasteiger partial charge in [0.05, 0.1) is 0 Å². The van der Waals surface area contributed by atoms with Crippen LogP contribution in [0.1, 0.15) is 88.9 Å². The van der Waals surface area contributed by atoms with E-state index in [4.69, 9.17) is 15.3 Å². The van der Waals surface area contributed by atoms with E-state index < -0.39 is 35.6 Å². The standard InChI is InChI=1S/C24H33N3O9/c28-19(29)7-1-4-10-25-22(34)16-13-17(23(35)26-11-5-2-8-20(30)31)15-18(14-16)24(36)27-12-6-3-9-21(32)33/h13-15H,1-12H2,(H,25,34)(H,26,35)(H,27,36)(H,28,29)(H,30,31)(H,32,33). The topological polar surface area (TPSA) is 199 Å². The SMILES string of the molecule is O=C(O)CCCCNC(=O)c1cc(C(=O)NCCCCC(=O)O)cc(C(=O)NCCCCC(=O)O)c1. The van der Waals surface area contributed by atoms with Crippen LogP contribution in [0.5, 0.6) is 0 Å². The molecule has 0 fully saturated rings. The van der Waals surface area contributed by atoms with Gasteiger partial charge in [0.1, 0.15) is 0 Å². The largest absolute Gasteiger partial charge is 0.481 e. The normalized spacial score (nSPS) is 10.3. The van der Waals surface area contributed by atoms with Crippen LogP contribution in [0.15, 0.2) is 18.2 Å². The van der Waals surface area contributed by atoms with Crippen LogP contribution in [0.25, 0.3) is 0 Å². The summed E-state index contributed by atoms with van der Waals surface area (Å²) < 4.78 is 0. The molecule has 0 saturated carbocycles. The van der Waals surface area contributed by atoms with Crippen LogP contribution < -0.4 is 16.0 Å². The third kappa shape index (κ3) is 13.1. The number of benzene rings is 1. The van der Waals surface area contributed by atoms with Gasteiger partial charge in [-0.05, 0) is 56.7 Å². The number of nitrogens with one attached hydrogen (secondary N) is 3. The highest BCUT2D eigenvalue weighted by atomic mass is 16.4. The fraction of sp³-hybridized carbons (Fsp3) is 0.500. The first-order valence-corrected chi connectivity index (χ1v) is 11.7. The number of hydrogen-bond acceptors (Lipinski definition) is 6. The molecule has 12 nitrogen and oxygen atoms in total. The van der Waals surface area contributed by atoms with Crippen LogP contribution in [0.2, 0.25) is 0 Å². The molecule has 0 unspecified atom stereocenters. The van der Waals surface area contributed by atoms with Crippen molar-refractivity contribution in [1.82, 2.24) is 16.0 Å². The zero-order chi connectivity index (χ0) is 26.9. The molecule has 0 aliphatic rings. The van der Waals surface area contributed by atoms with Gasteiger partial charge in [0.2, 0.25) is 0 Å². The Bertz CT molecular complexity index is 815. The second kappa shape index (κ2) is 16.6. The van der Waals surface area contributed by atoms with E-state index in [9.17, 15) is 28.8 Å². The van der Waals surface area contributed by atoms with Gasteiger partial charge in [-0.2, -0.15) is 0 Å². The number of unbranched alkanes of at least 4 members (excludes halogenated alkanes) is 3. The quantitative estimate of drug-likeness (QED) is 0.160. The van der Waals surface area contributed by atoms with Gasteiger partial charge in [-0.3, -0.25) is 28.8 Å². The van der Waals surface area contributed by atoms with Gasteiger partial charge in [-0.15, -0.1) is 0 Å². The molecule has 0 bridgehead atoms. The molecule has 3 amide bonds. The Kier molecular flexibility index (Phi) is 13.9. The molecule has 1 aromatic rings. The first-order valence-electron chi connectivity index (χ1n) is 11.7. The maximum absolute atomic E-state index is 12.6. The van der Waals surface area contributed by atoms with Crippen molar-refractivity contribution in [2.75, 3.05) is 19.6 Å². The average Bonchev–Trinajstić information content (AvgIpc) is 2.82. The van der Waals surface area contributed by atoms with Crippen LogP contribution in [0.3, 0.4) is 0 Å². The van der Waals surface area contributed by atoms with Crippen LogP contribution in [0, 0.1) is 0 Å². The zero-order valence-corrected chi connectivity index (χ0v) is 20.0. The molecule has 0 saturated heterocycles.